The third-order valence-electron chi connectivity index (χ3n) is 1.90. The fraction of sp³-hybridized carbons (Fsp3) is 0.300. The highest BCUT2D eigenvalue weighted by Crippen LogP contribution is 2.37. The van der Waals surface area contributed by atoms with E-state index in [2.05, 4.69) is 15.9 Å². The predicted molar refractivity (Wildman–Crippen MR) is 56.9 cm³/mol. The van der Waals surface area contributed by atoms with Crippen LogP contribution in [0.3, 0.4) is 0 Å². The van der Waals surface area contributed by atoms with Gasteiger partial charge < -0.3 is 9.84 Å². The molecule has 0 fully saturated rings. The molecule has 0 saturated heterocycles. The normalized spacial score (nSPS) is 13.2. The Morgan fingerprint density at radius 1 is 1.47 bits per heavy atom. The molecular formula is C10H8BrF3O3. The summed E-state index contributed by atoms with van der Waals surface area (Å²) in [7, 11) is 0. The average molecular weight is 313 g/mol. The van der Waals surface area contributed by atoms with Crippen molar-refractivity contribution in [1.82, 2.24) is 0 Å². The first-order chi connectivity index (χ1) is 7.71. The second kappa shape index (κ2) is 4.95. The van der Waals surface area contributed by atoms with E-state index < -0.39 is 23.8 Å². The van der Waals surface area contributed by atoms with Crippen LogP contribution >= 0.6 is 15.9 Å². The maximum absolute atomic E-state index is 12.5. The summed E-state index contributed by atoms with van der Waals surface area (Å²) in [5.74, 6) is -1.39. The van der Waals surface area contributed by atoms with Gasteiger partial charge >= 0.3 is 12.1 Å². The zero-order valence-electron chi connectivity index (χ0n) is 8.58. The zero-order chi connectivity index (χ0) is 13.2. The fourth-order valence-corrected chi connectivity index (χ4v) is 1.52. The van der Waals surface area contributed by atoms with Gasteiger partial charge in [0.05, 0.1) is 5.56 Å². The molecule has 0 spiro atoms. The minimum atomic E-state index is -4.52. The largest absolute Gasteiger partial charge is 0.479 e. The standard InChI is InChI=1S/C10H8BrF3O3/c1-5(9(15)16)17-6-2-3-8(11)7(4-6)10(12,13)14/h2-5H,1H3,(H,15,16). The maximum Gasteiger partial charge on any atom is 0.417 e. The number of halogens is 4. The van der Waals surface area contributed by atoms with Crippen molar-refractivity contribution in [3.8, 4) is 5.75 Å². The van der Waals surface area contributed by atoms with Gasteiger partial charge in [-0.05, 0) is 25.1 Å². The Kier molecular flexibility index (Phi) is 4.03. The average Bonchev–Trinajstić information content (AvgIpc) is 2.19. The highest BCUT2D eigenvalue weighted by molar-refractivity contribution is 9.10. The number of carboxylic acids is 1. The molecule has 0 heterocycles. The lowest BCUT2D eigenvalue weighted by molar-refractivity contribution is -0.144. The van der Waals surface area contributed by atoms with Crippen molar-refractivity contribution in [2.45, 2.75) is 19.2 Å². The molecule has 94 valence electrons. The number of hydrogen-bond donors (Lipinski definition) is 1. The van der Waals surface area contributed by atoms with Crippen molar-refractivity contribution in [1.29, 1.82) is 0 Å². The Labute approximate surface area is 103 Å². The minimum Gasteiger partial charge on any atom is -0.479 e. The summed E-state index contributed by atoms with van der Waals surface area (Å²) in [4.78, 5) is 10.5. The fourth-order valence-electron chi connectivity index (χ4n) is 1.05. The molecule has 1 unspecified atom stereocenters. The van der Waals surface area contributed by atoms with Crippen molar-refractivity contribution in [2.24, 2.45) is 0 Å². The molecule has 0 aliphatic rings. The zero-order valence-corrected chi connectivity index (χ0v) is 10.2. The van der Waals surface area contributed by atoms with Crippen LogP contribution in [0, 0.1) is 0 Å². The topological polar surface area (TPSA) is 46.5 Å². The summed E-state index contributed by atoms with van der Waals surface area (Å²) in [5.41, 5.74) is -0.910. The van der Waals surface area contributed by atoms with E-state index in [9.17, 15) is 18.0 Å². The minimum absolute atomic E-state index is 0.125. The third-order valence-corrected chi connectivity index (χ3v) is 2.60. The van der Waals surface area contributed by atoms with Crippen LogP contribution in [0.5, 0.6) is 5.75 Å². The van der Waals surface area contributed by atoms with Crippen LogP contribution in [0.1, 0.15) is 12.5 Å². The predicted octanol–water partition coefficient (Wildman–Crippen LogP) is 3.32. The molecule has 0 radical (unpaired) electrons. The lowest BCUT2D eigenvalue weighted by atomic mass is 10.2. The molecule has 1 atom stereocenters. The molecule has 1 aromatic rings. The second-order valence-corrected chi connectivity index (χ2v) is 4.09. The Morgan fingerprint density at radius 2 is 2.06 bits per heavy atom. The van der Waals surface area contributed by atoms with E-state index in [-0.39, 0.29) is 10.2 Å². The van der Waals surface area contributed by atoms with Crippen LogP contribution in [0.25, 0.3) is 0 Å². The lowest BCUT2D eigenvalue weighted by Crippen LogP contribution is -2.23. The highest BCUT2D eigenvalue weighted by Gasteiger charge is 2.33. The molecule has 17 heavy (non-hydrogen) atoms. The SMILES string of the molecule is CC(Oc1ccc(Br)c(C(F)(F)F)c1)C(=O)O. The first kappa shape index (κ1) is 13.8. The van der Waals surface area contributed by atoms with Crippen LogP contribution in [0.4, 0.5) is 13.2 Å². The monoisotopic (exact) mass is 312 g/mol. The maximum atomic E-state index is 12.5. The molecule has 0 aliphatic carbocycles. The molecule has 0 saturated carbocycles. The number of carboxylic acid groups (broad SMARTS) is 1. The van der Waals surface area contributed by atoms with E-state index in [4.69, 9.17) is 9.84 Å². The number of aliphatic carboxylic acids is 1. The number of carbonyl (C=O) groups is 1. The van der Waals surface area contributed by atoms with Gasteiger partial charge in [0.25, 0.3) is 0 Å². The summed E-state index contributed by atoms with van der Waals surface area (Å²) in [6, 6.07) is 3.18. The van der Waals surface area contributed by atoms with E-state index in [1.54, 1.807) is 0 Å². The van der Waals surface area contributed by atoms with Gasteiger partial charge in [0.1, 0.15) is 5.75 Å². The Morgan fingerprint density at radius 3 is 2.53 bits per heavy atom. The number of ether oxygens (including phenoxy) is 1. The van der Waals surface area contributed by atoms with Crippen molar-refractivity contribution in [3.05, 3.63) is 28.2 Å². The summed E-state index contributed by atoms with van der Waals surface area (Å²) in [5, 5.41) is 8.57. The Bertz CT molecular complexity index is 431. The van der Waals surface area contributed by atoms with Gasteiger partial charge in [-0.3, -0.25) is 0 Å². The van der Waals surface area contributed by atoms with Crippen LogP contribution < -0.4 is 4.74 Å². The molecule has 1 rings (SSSR count). The van der Waals surface area contributed by atoms with Gasteiger partial charge in [-0.25, -0.2) is 4.79 Å². The van der Waals surface area contributed by atoms with Gasteiger partial charge in [-0.15, -0.1) is 0 Å². The van der Waals surface area contributed by atoms with Crippen LogP contribution in [-0.4, -0.2) is 17.2 Å². The number of hydrogen-bond acceptors (Lipinski definition) is 2. The van der Waals surface area contributed by atoms with E-state index >= 15 is 0 Å². The molecule has 0 amide bonds. The molecule has 1 aromatic carbocycles. The van der Waals surface area contributed by atoms with Crippen molar-refractivity contribution < 1.29 is 27.8 Å². The molecule has 3 nitrogen and oxygen atoms in total. The van der Waals surface area contributed by atoms with Gasteiger partial charge in [-0.1, -0.05) is 15.9 Å². The van der Waals surface area contributed by atoms with E-state index in [0.717, 1.165) is 12.1 Å². The molecular weight excluding hydrogens is 305 g/mol. The molecule has 0 aromatic heterocycles. The molecule has 0 bridgehead atoms. The quantitative estimate of drug-likeness (QED) is 0.931. The van der Waals surface area contributed by atoms with Crippen LogP contribution in [0.2, 0.25) is 0 Å². The first-order valence-electron chi connectivity index (χ1n) is 4.48. The second-order valence-electron chi connectivity index (χ2n) is 3.24. The summed E-state index contributed by atoms with van der Waals surface area (Å²) < 4.78 is 42.3. The number of alkyl halides is 3. The van der Waals surface area contributed by atoms with Crippen molar-refractivity contribution in [2.75, 3.05) is 0 Å². The third kappa shape index (κ3) is 3.62. The number of benzene rings is 1. The smallest absolute Gasteiger partial charge is 0.417 e. The van der Waals surface area contributed by atoms with E-state index in [1.807, 2.05) is 0 Å². The van der Waals surface area contributed by atoms with Crippen molar-refractivity contribution >= 4 is 21.9 Å². The summed E-state index contributed by atoms with van der Waals surface area (Å²) >= 11 is 2.77. The summed E-state index contributed by atoms with van der Waals surface area (Å²) in [6.45, 7) is 1.23. The van der Waals surface area contributed by atoms with Crippen molar-refractivity contribution in [3.63, 3.8) is 0 Å². The first-order valence-corrected chi connectivity index (χ1v) is 5.27. The number of rotatable bonds is 3. The summed E-state index contributed by atoms with van der Waals surface area (Å²) in [6.07, 6.45) is -5.73. The van der Waals surface area contributed by atoms with Gasteiger partial charge in [0, 0.05) is 4.47 Å². The molecule has 7 heteroatoms. The Hall–Kier alpha value is -1.24. The van der Waals surface area contributed by atoms with E-state index in [0.29, 0.717) is 0 Å². The highest BCUT2D eigenvalue weighted by atomic mass is 79.9. The lowest BCUT2D eigenvalue weighted by Gasteiger charge is -2.14. The molecule has 0 aliphatic heterocycles. The molecule has 1 N–H and O–H groups in total. The Balaban J connectivity index is 3.01. The van der Waals surface area contributed by atoms with Gasteiger partial charge in [-0.2, -0.15) is 13.2 Å². The van der Waals surface area contributed by atoms with Crippen LogP contribution in [-0.2, 0) is 11.0 Å². The van der Waals surface area contributed by atoms with Gasteiger partial charge in [0.2, 0.25) is 0 Å². The van der Waals surface area contributed by atoms with Crippen LogP contribution in [0.15, 0.2) is 22.7 Å². The van der Waals surface area contributed by atoms with Gasteiger partial charge in [0.15, 0.2) is 6.10 Å². The van der Waals surface area contributed by atoms with E-state index in [1.165, 1.54) is 13.0 Å².